The number of hydrogen-bond donors (Lipinski definition) is 1. The van der Waals surface area contributed by atoms with Crippen LogP contribution in [0.15, 0.2) is 24.3 Å². The van der Waals surface area contributed by atoms with E-state index in [9.17, 15) is 4.79 Å². The molecule has 2 aliphatic rings. The molecule has 1 N–H and O–H groups in total. The summed E-state index contributed by atoms with van der Waals surface area (Å²) in [5.41, 5.74) is 2.31. The maximum atomic E-state index is 12.4. The third kappa shape index (κ3) is 3.19. The van der Waals surface area contributed by atoms with E-state index in [1.807, 2.05) is 23.1 Å². The Kier molecular flexibility index (Phi) is 4.41. The highest BCUT2D eigenvalue weighted by Crippen LogP contribution is 2.27. The van der Waals surface area contributed by atoms with Gasteiger partial charge in [0.15, 0.2) is 0 Å². The molecule has 5 nitrogen and oxygen atoms in total. The van der Waals surface area contributed by atoms with Crippen LogP contribution in [0.2, 0.25) is 0 Å². The lowest BCUT2D eigenvalue weighted by Gasteiger charge is -2.32. The summed E-state index contributed by atoms with van der Waals surface area (Å²) < 4.78 is 5.36. The Morgan fingerprint density at radius 3 is 2.86 bits per heavy atom. The van der Waals surface area contributed by atoms with Crippen molar-refractivity contribution < 1.29 is 9.53 Å². The molecule has 1 fully saturated rings. The van der Waals surface area contributed by atoms with Crippen molar-refractivity contribution in [3.63, 3.8) is 0 Å². The fourth-order valence-corrected chi connectivity index (χ4v) is 3.03. The second-order valence-electron chi connectivity index (χ2n) is 5.71. The zero-order valence-electron chi connectivity index (χ0n) is 12.5. The van der Waals surface area contributed by atoms with E-state index < -0.39 is 0 Å². The number of amides is 2. The molecule has 1 aromatic carbocycles. The molecule has 0 aliphatic carbocycles. The summed E-state index contributed by atoms with van der Waals surface area (Å²) >= 11 is 0. The van der Waals surface area contributed by atoms with Crippen LogP contribution < -0.4 is 10.2 Å². The Labute approximate surface area is 125 Å². The Morgan fingerprint density at radius 2 is 2.05 bits per heavy atom. The predicted molar refractivity (Wildman–Crippen MR) is 82.7 cm³/mol. The maximum Gasteiger partial charge on any atom is 0.321 e. The third-order valence-corrected chi connectivity index (χ3v) is 4.35. The van der Waals surface area contributed by atoms with Crippen molar-refractivity contribution in [3.05, 3.63) is 29.8 Å². The molecule has 0 saturated carbocycles. The van der Waals surface area contributed by atoms with E-state index in [0.717, 1.165) is 45.0 Å². The minimum atomic E-state index is 0.0139. The van der Waals surface area contributed by atoms with Gasteiger partial charge in [-0.1, -0.05) is 18.2 Å². The van der Waals surface area contributed by atoms with Crippen molar-refractivity contribution in [2.75, 3.05) is 44.3 Å². The number of anilines is 1. The Morgan fingerprint density at radius 1 is 1.29 bits per heavy atom. The first-order valence-electron chi connectivity index (χ1n) is 7.71. The highest BCUT2D eigenvalue weighted by atomic mass is 16.5. The minimum absolute atomic E-state index is 0.0139. The number of benzene rings is 1. The van der Waals surface area contributed by atoms with E-state index >= 15 is 0 Å². The van der Waals surface area contributed by atoms with Crippen LogP contribution in [0.25, 0.3) is 0 Å². The molecule has 2 heterocycles. The van der Waals surface area contributed by atoms with Gasteiger partial charge < -0.3 is 10.1 Å². The van der Waals surface area contributed by atoms with Crippen LogP contribution in [-0.2, 0) is 11.2 Å². The lowest BCUT2D eigenvalue weighted by Crippen LogP contribution is -2.49. The minimum Gasteiger partial charge on any atom is -0.379 e. The molecule has 2 amide bonds. The fraction of sp³-hybridized carbons (Fsp3) is 0.562. The molecule has 114 valence electrons. The van der Waals surface area contributed by atoms with Gasteiger partial charge in [0.2, 0.25) is 0 Å². The third-order valence-electron chi connectivity index (χ3n) is 4.35. The van der Waals surface area contributed by atoms with E-state index in [-0.39, 0.29) is 6.03 Å². The van der Waals surface area contributed by atoms with Crippen molar-refractivity contribution in [2.24, 2.45) is 0 Å². The second-order valence-corrected chi connectivity index (χ2v) is 5.71. The van der Waals surface area contributed by atoms with Crippen molar-refractivity contribution in [1.29, 1.82) is 0 Å². The van der Waals surface area contributed by atoms with Crippen molar-refractivity contribution >= 4 is 11.7 Å². The van der Waals surface area contributed by atoms with Gasteiger partial charge in [0, 0.05) is 37.9 Å². The molecule has 0 radical (unpaired) electrons. The van der Waals surface area contributed by atoms with Gasteiger partial charge in [-0.05, 0) is 25.0 Å². The van der Waals surface area contributed by atoms with Gasteiger partial charge in [0.25, 0.3) is 0 Å². The molecule has 1 atom stereocenters. The van der Waals surface area contributed by atoms with Gasteiger partial charge in [-0.25, -0.2) is 4.79 Å². The number of fused-ring (bicyclic) bond motifs is 1. The average molecular weight is 289 g/mol. The molecule has 2 aliphatic heterocycles. The van der Waals surface area contributed by atoms with Crippen LogP contribution in [0, 0.1) is 0 Å². The number of ether oxygens (including phenoxy) is 1. The first kappa shape index (κ1) is 14.4. The quantitative estimate of drug-likeness (QED) is 0.917. The summed E-state index contributed by atoms with van der Waals surface area (Å²) in [5, 5.41) is 3.07. The Bertz CT molecular complexity index is 500. The SMILES string of the molecule is C[C@@H](CNC(=O)N1CCc2ccccc21)N1CCOCC1. The summed E-state index contributed by atoms with van der Waals surface area (Å²) in [7, 11) is 0. The number of rotatable bonds is 3. The highest BCUT2D eigenvalue weighted by Gasteiger charge is 2.25. The van der Waals surface area contributed by atoms with Crippen LogP contribution in [-0.4, -0.2) is 56.4 Å². The molecule has 0 unspecified atom stereocenters. The second kappa shape index (κ2) is 6.45. The first-order chi connectivity index (χ1) is 10.3. The van der Waals surface area contributed by atoms with Crippen LogP contribution >= 0.6 is 0 Å². The average Bonchev–Trinajstić information content (AvgIpc) is 2.97. The molecule has 0 spiro atoms. The van der Waals surface area contributed by atoms with Crippen LogP contribution in [0.5, 0.6) is 0 Å². The number of para-hydroxylation sites is 1. The smallest absolute Gasteiger partial charge is 0.321 e. The number of nitrogens with zero attached hydrogens (tertiary/aromatic N) is 2. The van der Waals surface area contributed by atoms with E-state index in [4.69, 9.17) is 4.74 Å². The monoisotopic (exact) mass is 289 g/mol. The number of morpholine rings is 1. The molecule has 1 saturated heterocycles. The van der Waals surface area contributed by atoms with Crippen molar-refractivity contribution in [2.45, 2.75) is 19.4 Å². The molecule has 3 rings (SSSR count). The zero-order chi connectivity index (χ0) is 14.7. The standard InChI is InChI=1S/C16H23N3O2/c1-13(18-8-10-21-11-9-18)12-17-16(20)19-7-6-14-4-2-3-5-15(14)19/h2-5,13H,6-12H2,1H3,(H,17,20)/t13-/m0/s1. The number of carbonyl (C=O) groups excluding carboxylic acids is 1. The summed E-state index contributed by atoms with van der Waals surface area (Å²) in [5.74, 6) is 0. The van der Waals surface area contributed by atoms with E-state index in [0.29, 0.717) is 12.6 Å². The van der Waals surface area contributed by atoms with Crippen molar-refractivity contribution in [1.82, 2.24) is 10.2 Å². The number of carbonyl (C=O) groups is 1. The van der Waals surface area contributed by atoms with E-state index in [1.165, 1.54) is 5.56 Å². The molecule has 0 bridgehead atoms. The molecule has 21 heavy (non-hydrogen) atoms. The van der Waals surface area contributed by atoms with Crippen molar-refractivity contribution in [3.8, 4) is 0 Å². The van der Waals surface area contributed by atoms with Gasteiger partial charge in [0.05, 0.1) is 13.2 Å². The van der Waals surface area contributed by atoms with Gasteiger partial charge in [-0.15, -0.1) is 0 Å². The Hall–Kier alpha value is -1.59. The molecular formula is C16H23N3O2. The van der Waals surface area contributed by atoms with E-state index in [1.54, 1.807) is 0 Å². The summed E-state index contributed by atoms with van der Waals surface area (Å²) in [6.45, 7) is 7.08. The lowest BCUT2D eigenvalue weighted by molar-refractivity contribution is 0.0209. The maximum absolute atomic E-state index is 12.4. The predicted octanol–water partition coefficient (Wildman–Crippen LogP) is 1.48. The van der Waals surface area contributed by atoms with E-state index in [2.05, 4.69) is 23.2 Å². The fourth-order valence-electron chi connectivity index (χ4n) is 3.03. The molecule has 0 aromatic heterocycles. The van der Waals surface area contributed by atoms with Crippen LogP contribution in [0.1, 0.15) is 12.5 Å². The molecular weight excluding hydrogens is 266 g/mol. The van der Waals surface area contributed by atoms with Gasteiger partial charge in [-0.2, -0.15) is 0 Å². The first-order valence-corrected chi connectivity index (χ1v) is 7.71. The number of urea groups is 1. The lowest BCUT2D eigenvalue weighted by atomic mass is 10.2. The van der Waals surface area contributed by atoms with Gasteiger partial charge in [-0.3, -0.25) is 9.80 Å². The Balaban J connectivity index is 1.53. The largest absolute Gasteiger partial charge is 0.379 e. The summed E-state index contributed by atoms with van der Waals surface area (Å²) in [6, 6.07) is 8.49. The van der Waals surface area contributed by atoms with Gasteiger partial charge >= 0.3 is 6.03 Å². The molecule has 5 heteroatoms. The van der Waals surface area contributed by atoms with Crippen LogP contribution in [0.4, 0.5) is 10.5 Å². The van der Waals surface area contributed by atoms with Gasteiger partial charge in [0.1, 0.15) is 0 Å². The van der Waals surface area contributed by atoms with Crippen LogP contribution in [0.3, 0.4) is 0 Å². The summed E-state index contributed by atoms with van der Waals surface area (Å²) in [4.78, 5) is 16.6. The highest BCUT2D eigenvalue weighted by molar-refractivity contribution is 5.94. The normalized spacial score (nSPS) is 20.1. The number of nitrogens with one attached hydrogen (secondary N) is 1. The topological polar surface area (TPSA) is 44.8 Å². The number of hydrogen-bond acceptors (Lipinski definition) is 3. The summed E-state index contributed by atoms with van der Waals surface area (Å²) in [6.07, 6.45) is 0.947. The zero-order valence-corrected chi connectivity index (χ0v) is 12.5. The molecule has 1 aromatic rings.